The minimum Gasteiger partial charge on any atom is -0.496 e. The number of rotatable bonds is 4. The van der Waals surface area contributed by atoms with Gasteiger partial charge in [-0.2, -0.15) is 5.10 Å². The van der Waals surface area contributed by atoms with Crippen LogP contribution in [0.1, 0.15) is 11.1 Å². The molecule has 84 valence electrons. The van der Waals surface area contributed by atoms with Gasteiger partial charge in [-0.05, 0) is 17.7 Å². The number of nitrogens with zero attached hydrogens (tertiary/aromatic N) is 3. The van der Waals surface area contributed by atoms with Crippen LogP contribution >= 0.6 is 0 Å². The average Bonchev–Trinajstić information content (AvgIpc) is 2.81. The second-order valence-corrected chi connectivity index (χ2v) is 3.44. The Morgan fingerprint density at radius 1 is 1.44 bits per heavy atom. The molecule has 0 aliphatic heterocycles. The first-order valence-corrected chi connectivity index (χ1v) is 5.01. The highest BCUT2D eigenvalue weighted by Crippen LogP contribution is 2.19. The van der Waals surface area contributed by atoms with Gasteiger partial charge in [0.15, 0.2) is 0 Å². The Kier molecular flexibility index (Phi) is 3.16. The van der Waals surface area contributed by atoms with Crippen LogP contribution in [0, 0.1) is 0 Å². The van der Waals surface area contributed by atoms with E-state index in [9.17, 15) is 0 Å². The number of aromatic nitrogens is 3. The van der Waals surface area contributed by atoms with Crippen molar-refractivity contribution in [1.82, 2.24) is 14.8 Å². The molecule has 5 nitrogen and oxygen atoms in total. The summed E-state index contributed by atoms with van der Waals surface area (Å²) < 4.78 is 6.98. The van der Waals surface area contributed by atoms with Crippen LogP contribution in [0.15, 0.2) is 30.9 Å². The van der Waals surface area contributed by atoms with Gasteiger partial charge in [-0.25, -0.2) is 9.67 Å². The highest BCUT2D eigenvalue weighted by molar-refractivity contribution is 5.37. The van der Waals surface area contributed by atoms with Crippen molar-refractivity contribution in [3.63, 3.8) is 0 Å². The van der Waals surface area contributed by atoms with Crippen LogP contribution in [0.25, 0.3) is 0 Å². The highest BCUT2D eigenvalue weighted by atomic mass is 16.5. The Morgan fingerprint density at radius 3 is 2.94 bits per heavy atom. The molecule has 0 atom stereocenters. The van der Waals surface area contributed by atoms with Gasteiger partial charge in [0.05, 0.1) is 13.7 Å². The Morgan fingerprint density at radius 2 is 2.31 bits per heavy atom. The van der Waals surface area contributed by atoms with Crippen LogP contribution in [0.5, 0.6) is 5.75 Å². The van der Waals surface area contributed by atoms with Gasteiger partial charge in [-0.3, -0.25) is 0 Å². The van der Waals surface area contributed by atoms with Gasteiger partial charge in [0.1, 0.15) is 18.4 Å². The van der Waals surface area contributed by atoms with E-state index in [1.54, 1.807) is 18.1 Å². The zero-order chi connectivity index (χ0) is 11.4. The van der Waals surface area contributed by atoms with Gasteiger partial charge < -0.3 is 10.5 Å². The lowest BCUT2D eigenvalue weighted by molar-refractivity contribution is 0.409. The molecule has 0 saturated carbocycles. The molecule has 0 aliphatic carbocycles. The predicted molar refractivity (Wildman–Crippen MR) is 60.0 cm³/mol. The Bertz CT molecular complexity index is 453. The largest absolute Gasteiger partial charge is 0.496 e. The van der Waals surface area contributed by atoms with E-state index in [2.05, 4.69) is 10.1 Å². The molecule has 0 bridgehead atoms. The first-order valence-electron chi connectivity index (χ1n) is 5.01. The number of methoxy groups -OCH3 is 1. The van der Waals surface area contributed by atoms with Crippen molar-refractivity contribution in [2.24, 2.45) is 5.73 Å². The lowest BCUT2D eigenvalue weighted by atomic mass is 10.1. The van der Waals surface area contributed by atoms with Crippen LogP contribution < -0.4 is 10.5 Å². The number of hydrogen-bond donors (Lipinski definition) is 1. The topological polar surface area (TPSA) is 66.0 Å². The van der Waals surface area contributed by atoms with Gasteiger partial charge in [0, 0.05) is 12.1 Å². The molecular formula is C11H14N4O. The number of nitrogens with two attached hydrogens (primary N) is 1. The van der Waals surface area contributed by atoms with Gasteiger partial charge in [0.2, 0.25) is 0 Å². The molecule has 2 N–H and O–H groups in total. The van der Waals surface area contributed by atoms with E-state index in [0.29, 0.717) is 13.1 Å². The predicted octanol–water partition coefficient (Wildman–Crippen LogP) is 0.794. The SMILES string of the molecule is COc1ccc(Cn2cncn2)cc1CN. The quantitative estimate of drug-likeness (QED) is 0.824. The van der Waals surface area contributed by atoms with Crippen molar-refractivity contribution in [3.8, 4) is 5.75 Å². The maximum Gasteiger partial charge on any atom is 0.137 e. The molecule has 1 aromatic heterocycles. The molecule has 0 spiro atoms. The zero-order valence-electron chi connectivity index (χ0n) is 9.13. The third-order valence-electron chi connectivity index (χ3n) is 2.38. The molecule has 0 aliphatic rings. The minimum absolute atomic E-state index is 0.467. The molecule has 2 aromatic rings. The Labute approximate surface area is 93.9 Å². The third kappa shape index (κ3) is 2.20. The van der Waals surface area contributed by atoms with Gasteiger partial charge in [-0.15, -0.1) is 0 Å². The fraction of sp³-hybridized carbons (Fsp3) is 0.273. The summed E-state index contributed by atoms with van der Waals surface area (Å²) in [5.74, 6) is 0.824. The summed E-state index contributed by atoms with van der Waals surface area (Å²) in [4.78, 5) is 3.90. The minimum atomic E-state index is 0.467. The molecule has 1 heterocycles. The smallest absolute Gasteiger partial charge is 0.137 e. The highest BCUT2D eigenvalue weighted by Gasteiger charge is 2.03. The fourth-order valence-corrected chi connectivity index (χ4v) is 1.59. The maximum atomic E-state index is 5.65. The van der Waals surface area contributed by atoms with Crippen LogP contribution in [0.2, 0.25) is 0 Å². The summed E-state index contributed by atoms with van der Waals surface area (Å²) in [7, 11) is 1.64. The number of hydrogen-bond acceptors (Lipinski definition) is 4. The van der Waals surface area contributed by atoms with E-state index in [1.807, 2.05) is 18.2 Å². The van der Waals surface area contributed by atoms with E-state index in [1.165, 1.54) is 6.33 Å². The summed E-state index contributed by atoms with van der Waals surface area (Å²) in [6, 6.07) is 5.95. The molecule has 0 fully saturated rings. The average molecular weight is 218 g/mol. The summed E-state index contributed by atoms with van der Waals surface area (Å²) in [6.45, 7) is 1.16. The molecule has 0 radical (unpaired) electrons. The second kappa shape index (κ2) is 4.76. The summed E-state index contributed by atoms with van der Waals surface area (Å²) in [5.41, 5.74) is 7.79. The summed E-state index contributed by atoms with van der Waals surface area (Å²) >= 11 is 0. The van der Waals surface area contributed by atoms with Gasteiger partial charge in [0.25, 0.3) is 0 Å². The van der Waals surface area contributed by atoms with Crippen molar-refractivity contribution in [2.45, 2.75) is 13.1 Å². The second-order valence-electron chi connectivity index (χ2n) is 3.44. The molecule has 5 heteroatoms. The Hall–Kier alpha value is -1.88. The van der Waals surface area contributed by atoms with Crippen LogP contribution in [0.4, 0.5) is 0 Å². The van der Waals surface area contributed by atoms with Crippen molar-refractivity contribution in [2.75, 3.05) is 7.11 Å². The van der Waals surface area contributed by atoms with Crippen LogP contribution in [0.3, 0.4) is 0 Å². The monoisotopic (exact) mass is 218 g/mol. The lowest BCUT2D eigenvalue weighted by Crippen LogP contribution is -2.04. The Balaban J connectivity index is 2.22. The first kappa shape index (κ1) is 10.6. The van der Waals surface area contributed by atoms with Gasteiger partial charge >= 0.3 is 0 Å². The summed E-state index contributed by atoms with van der Waals surface area (Å²) in [5, 5.41) is 4.05. The van der Waals surface area contributed by atoms with Crippen molar-refractivity contribution >= 4 is 0 Å². The molecule has 0 saturated heterocycles. The van der Waals surface area contributed by atoms with E-state index in [-0.39, 0.29) is 0 Å². The molecular weight excluding hydrogens is 204 g/mol. The zero-order valence-corrected chi connectivity index (χ0v) is 9.13. The van der Waals surface area contributed by atoms with Gasteiger partial charge in [-0.1, -0.05) is 6.07 Å². The number of benzene rings is 1. The van der Waals surface area contributed by atoms with E-state index in [0.717, 1.165) is 16.9 Å². The van der Waals surface area contributed by atoms with E-state index >= 15 is 0 Å². The molecule has 1 aromatic carbocycles. The maximum absolute atomic E-state index is 5.65. The third-order valence-corrected chi connectivity index (χ3v) is 2.38. The fourth-order valence-electron chi connectivity index (χ4n) is 1.59. The summed E-state index contributed by atoms with van der Waals surface area (Å²) in [6.07, 6.45) is 3.21. The van der Waals surface area contributed by atoms with E-state index in [4.69, 9.17) is 10.5 Å². The molecule has 2 rings (SSSR count). The normalized spacial score (nSPS) is 10.4. The first-order chi connectivity index (χ1) is 7.83. The molecule has 16 heavy (non-hydrogen) atoms. The number of ether oxygens (including phenoxy) is 1. The standard InChI is InChI=1S/C11H14N4O/c1-16-11-3-2-9(4-10(11)5-12)6-15-8-13-7-14-15/h2-4,7-8H,5-6,12H2,1H3. The van der Waals surface area contributed by atoms with Crippen LogP contribution in [-0.2, 0) is 13.1 Å². The van der Waals surface area contributed by atoms with Crippen molar-refractivity contribution in [1.29, 1.82) is 0 Å². The van der Waals surface area contributed by atoms with Crippen molar-refractivity contribution in [3.05, 3.63) is 42.0 Å². The molecule has 0 unspecified atom stereocenters. The van der Waals surface area contributed by atoms with E-state index < -0.39 is 0 Å². The molecule has 0 amide bonds. The van der Waals surface area contributed by atoms with Crippen molar-refractivity contribution < 1.29 is 4.74 Å². The lowest BCUT2D eigenvalue weighted by Gasteiger charge is -2.09. The van der Waals surface area contributed by atoms with Crippen LogP contribution in [-0.4, -0.2) is 21.9 Å².